The van der Waals surface area contributed by atoms with E-state index in [4.69, 9.17) is 9.72 Å². The number of carbonyl (C=O) groups excluding carboxylic acids is 2. The number of hydrogen-bond donors (Lipinski definition) is 0. The summed E-state index contributed by atoms with van der Waals surface area (Å²) in [5.74, 6) is -0.738. The third-order valence-electron chi connectivity index (χ3n) is 7.76. The Bertz CT molecular complexity index is 1500. The summed E-state index contributed by atoms with van der Waals surface area (Å²) in [6.45, 7) is 6.23. The highest BCUT2D eigenvalue weighted by atomic mass is 16.5. The van der Waals surface area contributed by atoms with Gasteiger partial charge in [0.2, 0.25) is 0 Å². The van der Waals surface area contributed by atoms with Crippen molar-refractivity contribution < 1.29 is 14.3 Å². The number of amides is 1. The van der Waals surface area contributed by atoms with Crippen LogP contribution in [-0.2, 0) is 35.3 Å². The Morgan fingerprint density at radius 3 is 2.21 bits per heavy atom. The van der Waals surface area contributed by atoms with Crippen molar-refractivity contribution in [1.29, 1.82) is 0 Å². The van der Waals surface area contributed by atoms with Crippen molar-refractivity contribution in [3.63, 3.8) is 0 Å². The SMILES string of the molecule is CCN1CCc2nc3ccccc3c(C(=O)OC(C)C(=O)N3c4ccccc4CCc4ccccc43)c2C1. The Balaban J connectivity index is 1.37. The van der Waals surface area contributed by atoms with Gasteiger partial charge in [-0.05, 0) is 55.6 Å². The van der Waals surface area contributed by atoms with Gasteiger partial charge in [-0.1, -0.05) is 61.5 Å². The summed E-state index contributed by atoms with van der Waals surface area (Å²) in [5, 5.41) is 0.763. The van der Waals surface area contributed by atoms with Crippen LogP contribution in [0.25, 0.3) is 10.9 Å². The number of carbonyl (C=O) groups is 2. The van der Waals surface area contributed by atoms with Gasteiger partial charge in [-0.15, -0.1) is 0 Å². The van der Waals surface area contributed by atoms with Crippen LogP contribution in [-0.4, -0.2) is 41.0 Å². The summed E-state index contributed by atoms with van der Waals surface area (Å²) in [7, 11) is 0. The second-order valence-corrected chi connectivity index (χ2v) is 10.0. The first-order valence-corrected chi connectivity index (χ1v) is 13.4. The molecular formula is C32H31N3O3. The minimum atomic E-state index is -0.977. The molecule has 4 aromatic rings. The molecule has 3 aromatic carbocycles. The van der Waals surface area contributed by atoms with Crippen LogP contribution in [0, 0.1) is 0 Å². The van der Waals surface area contributed by atoms with Crippen LogP contribution < -0.4 is 4.90 Å². The van der Waals surface area contributed by atoms with Crippen LogP contribution in [0.1, 0.15) is 46.6 Å². The Morgan fingerprint density at radius 2 is 1.53 bits per heavy atom. The number of aryl methyl sites for hydroxylation is 2. The average Bonchev–Trinajstić information content (AvgIpc) is 3.12. The number of esters is 1. The maximum atomic E-state index is 14.0. The lowest BCUT2D eigenvalue weighted by Crippen LogP contribution is -2.38. The number of pyridine rings is 1. The van der Waals surface area contributed by atoms with Gasteiger partial charge in [0.25, 0.3) is 5.91 Å². The Labute approximate surface area is 222 Å². The molecule has 6 rings (SSSR count). The van der Waals surface area contributed by atoms with E-state index in [0.29, 0.717) is 12.1 Å². The zero-order chi connectivity index (χ0) is 26.2. The van der Waals surface area contributed by atoms with Crippen molar-refractivity contribution in [2.24, 2.45) is 0 Å². The van der Waals surface area contributed by atoms with Gasteiger partial charge < -0.3 is 4.74 Å². The van der Waals surface area contributed by atoms with Gasteiger partial charge in [0.1, 0.15) is 0 Å². The van der Waals surface area contributed by atoms with Gasteiger partial charge in [-0.25, -0.2) is 4.79 Å². The minimum Gasteiger partial charge on any atom is -0.449 e. The quantitative estimate of drug-likeness (QED) is 0.337. The number of anilines is 2. The number of para-hydroxylation sites is 3. The molecule has 1 aromatic heterocycles. The van der Waals surface area contributed by atoms with E-state index in [1.807, 2.05) is 60.7 Å². The van der Waals surface area contributed by atoms with Gasteiger partial charge in [-0.2, -0.15) is 0 Å². The lowest BCUT2D eigenvalue weighted by Gasteiger charge is -2.30. The van der Waals surface area contributed by atoms with E-state index in [0.717, 1.165) is 77.0 Å². The topological polar surface area (TPSA) is 62.7 Å². The Kier molecular flexibility index (Phi) is 6.42. The molecule has 0 aliphatic carbocycles. The van der Waals surface area contributed by atoms with Crippen molar-refractivity contribution in [3.8, 4) is 0 Å². The average molecular weight is 506 g/mol. The molecule has 38 heavy (non-hydrogen) atoms. The first kappa shape index (κ1) is 24.3. The number of likely N-dealkylation sites (N-methyl/N-ethyl adjacent to an activating group) is 1. The third-order valence-corrected chi connectivity index (χ3v) is 7.76. The van der Waals surface area contributed by atoms with Gasteiger partial charge in [0.15, 0.2) is 6.10 Å². The number of aromatic nitrogens is 1. The van der Waals surface area contributed by atoms with Crippen molar-refractivity contribution in [1.82, 2.24) is 9.88 Å². The van der Waals surface area contributed by atoms with Gasteiger partial charge in [-0.3, -0.25) is 19.6 Å². The van der Waals surface area contributed by atoms with Gasteiger partial charge >= 0.3 is 5.97 Å². The fourth-order valence-electron chi connectivity index (χ4n) is 5.72. The van der Waals surface area contributed by atoms with E-state index in [-0.39, 0.29) is 5.91 Å². The Morgan fingerprint density at radius 1 is 0.895 bits per heavy atom. The van der Waals surface area contributed by atoms with E-state index >= 15 is 0 Å². The fraction of sp³-hybridized carbons (Fsp3) is 0.281. The first-order valence-electron chi connectivity index (χ1n) is 13.4. The third kappa shape index (κ3) is 4.25. The maximum Gasteiger partial charge on any atom is 0.339 e. The van der Waals surface area contributed by atoms with Crippen LogP contribution >= 0.6 is 0 Å². The molecule has 1 unspecified atom stereocenters. The van der Waals surface area contributed by atoms with Gasteiger partial charge in [0.05, 0.1) is 22.5 Å². The maximum absolute atomic E-state index is 14.0. The number of rotatable bonds is 4. The molecule has 1 atom stereocenters. The second-order valence-electron chi connectivity index (χ2n) is 10.0. The van der Waals surface area contributed by atoms with E-state index in [9.17, 15) is 9.59 Å². The highest BCUT2D eigenvalue weighted by Crippen LogP contribution is 2.37. The van der Waals surface area contributed by atoms with Crippen LogP contribution in [0.15, 0.2) is 72.8 Å². The van der Waals surface area contributed by atoms with Crippen molar-refractivity contribution in [2.75, 3.05) is 18.0 Å². The molecule has 6 nitrogen and oxygen atoms in total. The standard InChI is InChI=1S/C32H31N3O3/c1-3-34-19-18-27-25(20-34)30(24-12-6-7-13-26(24)33-27)32(37)38-21(2)31(36)35-28-14-8-4-10-22(28)16-17-23-11-5-9-15-29(23)35/h4-15,21H,3,16-20H2,1-2H3. The predicted molar refractivity (Wildman–Crippen MR) is 149 cm³/mol. The van der Waals surface area contributed by atoms with Crippen LogP contribution in [0.4, 0.5) is 11.4 Å². The highest BCUT2D eigenvalue weighted by molar-refractivity contribution is 6.08. The summed E-state index contributed by atoms with van der Waals surface area (Å²) in [5.41, 5.74) is 7.04. The first-order chi connectivity index (χ1) is 18.5. The summed E-state index contributed by atoms with van der Waals surface area (Å²) >= 11 is 0. The number of ether oxygens (including phenoxy) is 1. The predicted octanol–water partition coefficient (Wildman–Crippen LogP) is 5.62. The second kappa shape index (κ2) is 10.0. The summed E-state index contributed by atoms with van der Waals surface area (Å²) < 4.78 is 5.99. The van der Waals surface area contributed by atoms with Crippen molar-refractivity contribution in [2.45, 2.75) is 45.8 Å². The molecule has 2 aliphatic heterocycles. The molecule has 0 spiro atoms. The molecule has 192 valence electrons. The normalized spacial score (nSPS) is 15.7. The molecule has 2 aliphatic rings. The summed E-state index contributed by atoms with van der Waals surface area (Å²) in [4.78, 5) is 36.8. The number of hydrogen-bond acceptors (Lipinski definition) is 5. The number of benzene rings is 3. The van der Waals surface area contributed by atoms with Crippen LogP contribution in [0.3, 0.4) is 0 Å². The lowest BCUT2D eigenvalue weighted by molar-refractivity contribution is -0.125. The molecule has 0 radical (unpaired) electrons. The molecule has 0 fully saturated rings. The van der Waals surface area contributed by atoms with E-state index < -0.39 is 12.1 Å². The smallest absolute Gasteiger partial charge is 0.339 e. The summed E-state index contributed by atoms with van der Waals surface area (Å²) in [6, 6.07) is 23.6. The monoisotopic (exact) mass is 505 g/mol. The van der Waals surface area contributed by atoms with Crippen LogP contribution in [0.2, 0.25) is 0 Å². The molecular weight excluding hydrogens is 474 g/mol. The lowest BCUT2D eigenvalue weighted by atomic mass is 9.95. The molecule has 1 amide bonds. The molecule has 0 bridgehead atoms. The molecule has 0 saturated carbocycles. The van der Waals surface area contributed by atoms with Gasteiger partial charge in [0, 0.05) is 36.2 Å². The van der Waals surface area contributed by atoms with E-state index in [1.165, 1.54) is 0 Å². The van der Waals surface area contributed by atoms with E-state index in [2.05, 4.69) is 24.0 Å². The van der Waals surface area contributed by atoms with Crippen molar-refractivity contribution >= 4 is 34.2 Å². The molecule has 6 heteroatoms. The van der Waals surface area contributed by atoms with Crippen LogP contribution in [0.5, 0.6) is 0 Å². The molecule has 0 N–H and O–H groups in total. The number of fused-ring (bicyclic) bond motifs is 4. The minimum absolute atomic E-state index is 0.262. The zero-order valence-corrected chi connectivity index (χ0v) is 21.8. The van der Waals surface area contributed by atoms with Crippen molar-refractivity contribution in [3.05, 3.63) is 101 Å². The zero-order valence-electron chi connectivity index (χ0n) is 21.8. The molecule has 3 heterocycles. The Hall–Kier alpha value is -4.03. The molecule has 0 saturated heterocycles. The fourth-order valence-corrected chi connectivity index (χ4v) is 5.72. The largest absolute Gasteiger partial charge is 0.449 e. The van der Waals surface area contributed by atoms with E-state index in [1.54, 1.807) is 11.8 Å². The summed E-state index contributed by atoms with van der Waals surface area (Å²) in [6.07, 6.45) is 1.49. The number of nitrogens with zero attached hydrogens (tertiary/aromatic N) is 3. The highest BCUT2D eigenvalue weighted by Gasteiger charge is 2.33.